The first-order chi connectivity index (χ1) is 43.5. The lowest BCUT2D eigenvalue weighted by atomic mass is 9.84. The largest absolute Gasteiger partial charge is 0.390 e. The van der Waals surface area contributed by atoms with E-state index in [0.717, 1.165) is 4.90 Å². The van der Waals surface area contributed by atoms with Crippen LogP contribution in [0.2, 0.25) is 0 Å². The summed E-state index contributed by atoms with van der Waals surface area (Å²) in [7, 11) is 10.1. The number of likely N-dealkylation sites (N-methyl/N-ethyl adjacent to an activating group) is 7. The Balaban J connectivity index is 2.33. The normalized spacial score (nSPS) is 25.6. The van der Waals surface area contributed by atoms with E-state index in [0.29, 0.717) is 16.9 Å². The number of nitrogens with two attached hydrogens (primary N) is 1. The molecule has 1 aliphatic heterocycles. The van der Waals surface area contributed by atoms with Gasteiger partial charge in [0.15, 0.2) is 17.3 Å². The third-order valence-corrected chi connectivity index (χ3v) is 18.6. The van der Waals surface area contributed by atoms with Crippen LogP contribution in [0.4, 0.5) is 0 Å². The zero-order chi connectivity index (χ0) is 72.0. The third-order valence-electron chi connectivity index (χ3n) is 18.6. The molecular formula is C70H115N11O13. The van der Waals surface area contributed by atoms with Crippen LogP contribution in [0.15, 0.2) is 18.2 Å². The summed E-state index contributed by atoms with van der Waals surface area (Å²) in [5, 5.41) is 15.3. The number of nitrogens with zero attached hydrogens (tertiary/aromatic N) is 8. The number of hydrogen-bond donors (Lipinski definition) is 4. The highest BCUT2D eigenvalue weighted by Gasteiger charge is 2.46. The van der Waals surface area contributed by atoms with E-state index in [1.165, 1.54) is 91.7 Å². The number of aliphatic hydroxyl groups is 1. The number of hydrogen-bond acceptors (Lipinski definition) is 14. The number of imidazole rings is 1. The van der Waals surface area contributed by atoms with Gasteiger partial charge in [-0.1, -0.05) is 104 Å². The number of aliphatic hydroxyl groups excluding tert-OH is 1. The minimum Gasteiger partial charge on any atom is -0.390 e. The van der Waals surface area contributed by atoms with Crippen molar-refractivity contribution in [2.75, 3.05) is 55.9 Å². The van der Waals surface area contributed by atoms with E-state index < -0.39 is 167 Å². The van der Waals surface area contributed by atoms with Gasteiger partial charge in [-0.3, -0.25) is 57.5 Å². The molecule has 0 bridgehead atoms. The number of ketones is 3. The molecule has 528 valence electrons. The van der Waals surface area contributed by atoms with Gasteiger partial charge in [-0.05, 0) is 98.7 Å². The molecule has 0 radical (unpaired) electrons. The monoisotopic (exact) mass is 1320 g/mol. The number of rotatable bonds is 16. The highest BCUT2D eigenvalue weighted by molar-refractivity contribution is 6.00. The molecule has 2 heterocycles. The maximum atomic E-state index is 15.5. The predicted octanol–water partition coefficient (Wildman–Crippen LogP) is 5.79. The lowest BCUT2D eigenvalue weighted by Crippen LogP contribution is -2.62. The number of H-pyrrole nitrogens is 1. The number of carbonyl (C=O) groups excluding carboxylic acids is 12. The summed E-state index contributed by atoms with van der Waals surface area (Å²) in [6.07, 6.45) is -1.87. The van der Waals surface area contributed by atoms with E-state index in [2.05, 4.69) is 15.3 Å². The smallest absolute Gasteiger partial charge is 0.248 e. The van der Waals surface area contributed by atoms with Crippen LogP contribution in [0.1, 0.15) is 178 Å². The molecular weight excluding hydrogens is 1200 g/mol. The van der Waals surface area contributed by atoms with Crippen LogP contribution in [-0.4, -0.2) is 224 Å². The minimum atomic E-state index is -1.64. The van der Waals surface area contributed by atoms with Crippen molar-refractivity contribution < 1.29 is 62.6 Å². The molecule has 12 atom stereocenters. The molecule has 1 aromatic heterocycles. The summed E-state index contributed by atoms with van der Waals surface area (Å²) < 4.78 is 0. The maximum Gasteiger partial charge on any atom is 0.248 e. The Morgan fingerprint density at radius 3 is 1.52 bits per heavy atom. The van der Waals surface area contributed by atoms with Crippen molar-refractivity contribution in [1.82, 2.24) is 49.6 Å². The zero-order valence-corrected chi connectivity index (χ0v) is 60.7. The van der Waals surface area contributed by atoms with Crippen LogP contribution in [-0.2, 0) is 59.2 Å². The first-order valence-electron chi connectivity index (χ1n) is 33.7. The molecule has 0 saturated carbocycles. The van der Waals surface area contributed by atoms with Crippen LogP contribution >= 0.6 is 0 Å². The van der Waals surface area contributed by atoms with E-state index in [9.17, 15) is 43.5 Å². The van der Waals surface area contributed by atoms with Crippen LogP contribution in [0.25, 0.3) is 11.0 Å². The average molecular weight is 1320 g/mol. The van der Waals surface area contributed by atoms with E-state index in [1.54, 1.807) is 60.6 Å². The number of primary amides is 1. The van der Waals surface area contributed by atoms with Gasteiger partial charge in [0.2, 0.25) is 53.2 Å². The summed E-state index contributed by atoms with van der Waals surface area (Å²) in [6.45, 7) is 28.0. The highest BCUT2D eigenvalue weighted by Crippen LogP contribution is 2.30. The van der Waals surface area contributed by atoms with Crippen LogP contribution in [0, 0.1) is 59.2 Å². The van der Waals surface area contributed by atoms with E-state index >= 15 is 19.2 Å². The van der Waals surface area contributed by atoms with Gasteiger partial charge in [-0.15, -0.1) is 0 Å². The SMILES string of the molecule is CC[C@@H]1CC(=O)[C@H]([C@H](O)[C@H](C)Cc2nc3ccc(C(N)=O)cc3[nH]2)N(C)C(=O)[C@H](C(C)C)N(C)C(=O)[C@H](CC(C)C)N(C)C(=O)[C@H](CC(C)C)N(C)C(=O)[C@@H](C)NC(=O)[C@H](C)CC(=O)[C@H](CC(C)C)N(C)C(=O)[C@H](C(C)C)CC(=O)[C@H](CC(C)C)N(C)C(=O)CN(C)C1=O. The number of aromatic nitrogens is 2. The quantitative estimate of drug-likeness (QED) is 0.155. The van der Waals surface area contributed by atoms with Gasteiger partial charge in [0.25, 0.3) is 0 Å². The van der Waals surface area contributed by atoms with Gasteiger partial charge < -0.3 is 55.4 Å². The second-order valence-electron chi connectivity index (χ2n) is 29.2. The lowest BCUT2D eigenvalue weighted by molar-refractivity contribution is -0.157. The minimum absolute atomic E-state index is 0.0300. The molecule has 1 saturated heterocycles. The van der Waals surface area contributed by atoms with Crippen LogP contribution < -0.4 is 11.1 Å². The first kappa shape index (κ1) is 81.1. The fourth-order valence-electron chi connectivity index (χ4n) is 12.8. The second kappa shape index (κ2) is 35.6. The molecule has 0 unspecified atom stereocenters. The number of aromatic amines is 1. The number of Topliss-reactive ketones (excluding diaryl/α,β-unsaturated/α-hetero) is 3. The second-order valence-corrected chi connectivity index (χ2v) is 29.2. The Labute approximate surface area is 558 Å². The number of amides is 9. The summed E-state index contributed by atoms with van der Waals surface area (Å²) in [5.41, 5.74) is 6.78. The molecule has 1 aromatic carbocycles. The molecule has 94 heavy (non-hydrogen) atoms. The Bertz CT molecular complexity index is 3010. The molecule has 0 aliphatic carbocycles. The average Bonchev–Trinajstić information content (AvgIpc) is 0.992. The third kappa shape index (κ3) is 21.2. The lowest BCUT2D eigenvalue weighted by Gasteiger charge is -2.41. The van der Waals surface area contributed by atoms with E-state index in [-0.39, 0.29) is 80.6 Å². The fourth-order valence-corrected chi connectivity index (χ4v) is 12.8. The summed E-state index contributed by atoms with van der Waals surface area (Å²) in [5.74, 6) is -12.0. The van der Waals surface area contributed by atoms with Crippen molar-refractivity contribution >= 4 is 81.5 Å². The van der Waals surface area contributed by atoms with Crippen molar-refractivity contribution in [3.05, 3.63) is 29.6 Å². The molecule has 0 spiro atoms. The van der Waals surface area contributed by atoms with Gasteiger partial charge in [0.05, 0.1) is 35.8 Å². The molecule has 1 aliphatic rings. The van der Waals surface area contributed by atoms with Crippen molar-refractivity contribution in [1.29, 1.82) is 0 Å². The summed E-state index contributed by atoms with van der Waals surface area (Å²) in [4.78, 5) is 191. The summed E-state index contributed by atoms with van der Waals surface area (Å²) in [6, 6.07) is -3.82. The standard InChI is InChI=1S/C70H115N11O13/c1-24-46-34-57(84)61(62(86)43(14)32-58-73-49-26-25-47(63(71)87)33-50(49)74-58)81(23)70(94)60(42(12)13)80(22)69(93)54(30-40(8)9)79(21)68(92)53(29-39(6)7)78(20)65(89)45(16)72-64(88)44(15)31-55(82)52(28-38(4)5)77(19)67(91)48(41(10)11)35-56(83)51(27-37(2)3)76(18)59(85)36-75(17)66(46)90/h25-26,33,37-46,48,51-54,60-62,86H,24,27-32,34-36H2,1-23H3,(H2,71,87)(H,72,88)(H,73,74)/t43-,44-,45-,46-,48+,51+,52+,53+,54+,60+,61-,62-/m1/s1. The van der Waals surface area contributed by atoms with Gasteiger partial charge >= 0.3 is 0 Å². The van der Waals surface area contributed by atoms with E-state index in [4.69, 9.17) is 5.73 Å². The number of carbonyl (C=O) groups is 12. The number of nitrogens with one attached hydrogen (secondary N) is 2. The maximum absolute atomic E-state index is 15.5. The van der Waals surface area contributed by atoms with Gasteiger partial charge in [-0.25, -0.2) is 4.98 Å². The molecule has 2 aromatic rings. The number of fused-ring (bicyclic) bond motifs is 1. The molecule has 24 heteroatoms. The van der Waals surface area contributed by atoms with Crippen molar-refractivity contribution in [2.24, 2.45) is 64.9 Å². The molecule has 5 N–H and O–H groups in total. The zero-order valence-electron chi connectivity index (χ0n) is 60.7. The predicted molar refractivity (Wildman–Crippen MR) is 361 cm³/mol. The van der Waals surface area contributed by atoms with Crippen LogP contribution in [0.5, 0.6) is 0 Å². The topological polar surface area (TPSA) is 314 Å². The highest BCUT2D eigenvalue weighted by atomic mass is 16.3. The Hall–Kier alpha value is -7.11. The molecule has 9 amide bonds. The van der Waals surface area contributed by atoms with Crippen molar-refractivity contribution in [3.8, 4) is 0 Å². The van der Waals surface area contributed by atoms with Crippen LogP contribution in [0.3, 0.4) is 0 Å². The van der Waals surface area contributed by atoms with Crippen molar-refractivity contribution in [2.45, 2.75) is 217 Å². The summed E-state index contributed by atoms with van der Waals surface area (Å²) >= 11 is 0. The van der Waals surface area contributed by atoms with E-state index in [1.807, 2.05) is 55.4 Å². The number of benzene rings is 1. The Morgan fingerprint density at radius 2 is 1.03 bits per heavy atom. The first-order valence-corrected chi connectivity index (χ1v) is 33.7. The molecule has 24 nitrogen and oxygen atoms in total. The molecule has 1 fully saturated rings. The van der Waals surface area contributed by atoms with Crippen molar-refractivity contribution in [3.63, 3.8) is 0 Å². The van der Waals surface area contributed by atoms with Gasteiger partial charge in [-0.2, -0.15) is 0 Å². The fraction of sp³-hybridized carbons (Fsp3) is 0.729. The Kier molecular flexibility index (Phi) is 30.7. The van der Waals surface area contributed by atoms with Gasteiger partial charge in [0.1, 0.15) is 36.0 Å². The Morgan fingerprint density at radius 1 is 0.564 bits per heavy atom. The van der Waals surface area contributed by atoms with Gasteiger partial charge in [0, 0.05) is 98.3 Å². The molecule has 3 rings (SSSR count).